The number of nitrogens with zero attached hydrogens (tertiary/aromatic N) is 5. The lowest BCUT2D eigenvalue weighted by Crippen LogP contribution is -2.33. The molecule has 0 bridgehead atoms. The minimum absolute atomic E-state index is 0.00321. The van der Waals surface area contributed by atoms with Crippen LogP contribution in [0.4, 0.5) is 0 Å². The molecule has 136 valence electrons. The molecule has 1 aliphatic rings. The zero-order valence-electron chi connectivity index (χ0n) is 15.7. The van der Waals surface area contributed by atoms with Crippen molar-refractivity contribution in [2.24, 2.45) is 0 Å². The number of hydrogen-bond acceptors (Lipinski definition) is 6. The molecule has 7 nitrogen and oxygen atoms in total. The van der Waals surface area contributed by atoms with Gasteiger partial charge in [-0.05, 0) is 74.8 Å². The molecule has 1 saturated heterocycles. The van der Waals surface area contributed by atoms with Crippen LogP contribution in [0.5, 0.6) is 11.5 Å². The van der Waals surface area contributed by atoms with Gasteiger partial charge in [0.15, 0.2) is 17.3 Å². The summed E-state index contributed by atoms with van der Waals surface area (Å²) in [5.41, 5.74) is 0.924. The first-order valence-electron chi connectivity index (χ1n) is 8.70. The van der Waals surface area contributed by atoms with Crippen molar-refractivity contribution in [3.8, 4) is 11.5 Å². The molecule has 3 rings (SSSR count). The molecule has 0 aliphatic carbocycles. The van der Waals surface area contributed by atoms with E-state index in [1.54, 1.807) is 14.2 Å². The Morgan fingerprint density at radius 1 is 1.04 bits per heavy atom. The molecule has 25 heavy (non-hydrogen) atoms. The van der Waals surface area contributed by atoms with Crippen molar-refractivity contribution in [3.05, 3.63) is 29.6 Å². The van der Waals surface area contributed by atoms with Crippen molar-refractivity contribution in [2.45, 2.75) is 45.2 Å². The lowest BCUT2D eigenvalue weighted by Gasteiger charge is -2.30. The van der Waals surface area contributed by atoms with E-state index in [1.807, 2.05) is 16.8 Å². The van der Waals surface area contributed by atoms with Crippen molar-refractivity contribution in [3.63, 3.8) is 0 Å². The van der Waals surface area contributed by atoms with Crippen LogP contribution in [0.15, 0.2) is 18.2 Å². The molecular weight excluding hydrogens is 318 g/mol. The van der Waals surface area contributed by atoms with Crippen molar-refractivity contribution >= 4 is 0 Å². The first-order valence-corrected chi connectivity index (χ1v) is 8.70. The molecule has 2 heterocycles. The second kappa shape index (κ2) is 7.00. The van der Waals surface area contributed by atoms with E-state index in [4.69, 9.17) is 9.47 Å². The molecule has 1 aliphatic heterocycles. The van der Waals surface area contributed by atoms with Gasteiger partial charge in [0.2, 0.25) is 0 Å². The van der Waals surface area contributed by atoms with E-state index in [0.29, 0.717) is 0 Å². The fourth-order valence-corrected chi connectivity index (χ4v) is 3.39. The summed E-state index contributed by atoms with van der Waals surface area (Å²) >= 11 is 0. The Bertz CT molecular complexity index is 716. The molecule has 7 heteroatoms. The second-order valence-corrected chi connectivity index (χ2v) is 7.38. The number of rotatable bonds is 5. The number of ether oxygens (including phenoxy) is 2. The third-order valence-corrected chi connectivity index (χ3v) is 4.60. The summed E-state index contributed by atoms with van der Waals surface area (Å²) in [6.45, 7) is 8.42. The van der Waals surface area contributed by atoms with Crippen molar-refractivity contribution < 1.29 is 9.47 Å². The molecule has 0 radical (unpaired) electrons. The van der Waals surface area contributed by atoms with Crippen molar-refractivity contribution in [1.29, 1.82) is 0 Å². The van der Waals surface area contributed by atoms with Crippen LogP contribution in [0.2, 0.25) is 0 Å². The topological polar surface area (TPSA) is 65.3 Å². The fourth-order valence-electron chi connectivity index (χ4n) is 3.39. The predicted octanol–water partition coefficient (Wildman–Crippen LogP) is 2.63. The first kappa shape index (κ1) is 17.7. The standard InChI is InChI=1S/C18H27N5O2/c1-18(2,3)23-17(19-20-21-23)16(22-10-6-7-11-22)13-8-9-14(24-4)15(12-13)25-5/h8-9,12,16H,6-7,10-11H2,1-5H3. The van der Waals surface area contributed by atoms with Gasteiger partial charge >= 0.3 is 0 Å². The highest BCUT2D eigenvalue weighted by Gasteiger charge is 2.33. The summed E-state index contributed by atoms with van der Waals surface area (Å²) in [5.74, 6) is 2.31. The maximum atomic E-state index is 5.50. The van der Waals surface area contributed by atoms with Crippen molar-refractivity contribution in [2.75, 3.05) is 27.3 Å². The van der Waals surface area contributed by atoms with Gasteiger partial charge in [-0.2, -0.15) is 0 Å². The summed E-state index contributed by atoms with van der Waals surface area (Å²) in [7, 11) is 3.31. The predicted molar refractivity (Wildman–Crippen MR) is 95.0 cm³/mol. The number of tetrazole rings is 1. The fraction of sp³-hybridized carbons (Fsp3) is 0.611. The molecule has 0 N–H and O–H groups in total. The van der Waals surface area contributed by atoms with E-state index in [1.165, 1.54) is 12.8 Å². The number of methoxy groups -OCH3 is 2. The summed E-state index contributed by atoms with van der Waals surface area (Å²) in [6.07, 6.45) is 2.39. The molecule has 0 amide bonds. The largest absolute Gasteiger partial charge is 0.493 e. The van der Waals surface area contributed by atoms with Crippen LogP contribution >= 0.6 is 0 Å². The van der Waals surface area contributed by atoms with Gasteiger partial charge in [0.05, 0.1) is 25.8 Å². The molecule has 1 unspecified atom stereocenters. The Hall–Kier alpha value is -2.15. The van der Waals surface area contributed by atoms with Gasteiger partial charge < -0.3 is 9.47 Å². The van der Waals surface area contributed by atoms with Crippen LogP contribution in [-0.4, -0.2) is 52.4 Å². The van der Waals surface area contributed by atoms with Crippen LogP contribution in [0.25, 0.3) is 0 Å². The lowest BCUT2D eigenvalue weighted by atomic mass is 10.0. The van der Waals surface area contributed by atoms with E-state index < -0.39 is 0 Å². The zero-order valence-corrected chi connectivity index (χ0v) is 15.7. The molecule has 0 spiro atoms. The normalized spacial score (nSPS) is 16.8. The number of hydrogen-bond donors (Lipinski definition) is 0. The Balaban J connectivity index is 2.09. The van der Waals surface area contributed by atoms with Gasteiger partial charge in [0.25, 0.3) is 0 Å². The third-order valence-electron chi connectivity index (χ3n) is 4.60. The maximum Gasteiger partial charge on any atom is 0.173 e. The monoisotopic (exact) mass is 345 g/mol. The maximum absolute atomic E-state index is 5.50. The molecule has 1 fully saturated rings. The highest BCUT2D eigenvalue weighted by atomic mass is 16.5. The summed E-state index contributed by atoms with van der Waals surface area (Å²) in [4.78, 5) is 2.44. The van der Waals surface area contributed by atoms with Gasteiger partial charge in [-0.3, -0.25) is 4.90 Å². The third kappa shape index (κ3) is 3.46. The smallest absolute Gasteiger partial charge is 0.173 e. The van der Waals surface area contributed by atoms with Gasteiger partial charge in [-0.1, -0.05) is 6.07 Å². The molecule has 1 atom stereocenters. The highest BCUT2D eigenvalue weighted by Crippen LogP contribution is 2.36. The Morgan fingerprint density at radius 2 is 1.72 bits per heavy atom. The van der Waals surface area contributed by atoms with Crippen LogP contribution in [0.3, 0.4) is 0 Å². The van der Waals surface area contributed by atoms with E-state index >= 15 is 0 Å². The number of likely N-dealkylation sites (tertiary alicyclic amines) is 1. The summed E-state index contributed by atoms with van der Waals surface area (Å²) in [6, 6.07) is 6.05. The van der Waals surface area contributed by atoms with Crippen LogP contribution in [-0.2, 0) is 5.54 Å². The van der Waals surface area contributed by atoms with E-state index in [9.17, 15) is 0 Å². The van der Waals surface area contributed by atoms with E-state index in [0.717, 1.165) is 36.0 Å². The molecule has 1 aromatic heterocycles. The number of benzene rings is 1. The minimum atomic E-state index is -0.187. The molecule has 0 saturated carbocycles. The average molecular weight is 345 g/mol. The van der Waals surface area contributed by atoms with E-state index in [2.05, 4.69) is 47.3 Å². The number of aromatic nitrogens is 4. The summed E-state index contributed by atoms with van der Waals surface area (Å²) < 4.78 is 12.8. The van der Waals surface area contributed by atoms with Crippen LogP contribution in [0, 0.1) is 0 Å². The first-order chi connectivity index (χ1) is 12.0. The quantitative estimate of drug-likeness (QED) is 0.830. The SMILES string of the molecule is COc1ccc(C(c2nnnn2C(C)(C)C)N2CCCC2)cc1OC. The van der Waals surface area contributed by atoms with E-state index in [-0.39, 0.29) is 11.6 Å². The van der Waals surface area contributed by atoms with Gasteiger partial charge in [-0.25, -0.2) is 4.68 Å². The van der Waals surface area contributed by atoms with Gasteiger partial charge in [0, 0.05) is 0 Å². The minimum Gasteiger partial charge on any atom is -0.493 e. The highest BCUT2D eigenvalue weighted by molar-refractivity contribution is 5.45. The summed E-state index contributed by atoms with van der Waals surface area (Å²) in [5, 5.41) is 12.6. The second-order valence-electron chi connectivity index (χ2n) is 7.38. The van der Waals surface area contributed by atoms with Crippen LogP contribution < -0.4 is 9.47 Å². The van der Waals surface area contributed by atoms with Crippen LogP contribution in [0.1, 0.15) is 51.0 Å². The Labute approximate surface area is 148 Å². The molecule has 2 aromatic rings. The average Bonchev–Trinajstić information content (AvgIpc) is 3.26. The van der Waals surface area contributed by atoms with Gasteiger partial charge in [0.1, 0.15) is 0 Å². The van der Waals surface area contributed by atoms with Crippen molar-refractivity contribution in [1.82, 2.24) is 25.1 Å². The van der Waals surface area contributed by atoms with Gasteiger partial charge in [-0.15, -0.1) is 5.10 Å². The Kier molecular flexibility index (Phi) is 4.94. The zero-order chi connectivity index (χ0) is 18.0. The lowest BCUT2D eigenvalue weighted by molar-refractivity contribution is 0.241. The molecular formula is C18H27N5O2. The molecule has 1 aromatic carbocycles. The Morgan fingerprint density at radius 3 is 2.32 bits per heavy atom.